The number of halogens is 1. The third kappa shape index (κ3) is 3.47. The molecule has 1 saturated heterocycles. The molecule has 1 aliphatic rings. The van der Waals surface area contributed by atoms with Crippen LogP contribution >= 0.6 is 0 Å². The van der Waals surface area contributed by atoms with Gasteiger partial charge in [-0.3, -0.25) is 14.9 Å². The number of nitrogens with one attached hydrogen (secondary N) is 2. The Morgan fingerprint density at radius 2 is 2.05 bits per heavy atom. The van der Waals surface area contributed by atoms with Crippen molar-refractivity contribution in [1.29, 1.82) is 0 Å². The van der Waals surface area contributed by atoms with Crippen molar-refractivity contribution in [3.05, 3.63) is 39.9 Å². The van der Waals surface area contributed by atoms with Gasteiger partial charge < -0.3 is 10.6 Å². The van der Waals surface area contributed by atoms with E-state index < -0.39 is 11.1 Å². The van der Waals surface area contributed by atoms with Gasteiger partial charge >= 0.3 is 0 Å². The van der Waals surface area contributed by atoms with Gasteiger partial charge in [0.2, 0.25) is 0 Å². The predicted molar refractivity (Wildman–Crippen MR) is 66.7 cm³/mol. The summed E-state index contributed by atoms with van der Waals surface area (Å²) < 4.78 is 13.1. The Balaban J connectivity index is 1.97. The van der Waals surface area contributed by atoms with Crippen molar-refractivity contribution in [2.75, 3.05) is 13.1 Å². The van der Waals surface area contributed by atoms with Gasteiger partial charge in [0, 0.05) is 43.2 Å². The molecule has 0 aliphatic carbocycles. The number of alkyl halides is 1. The van der Waals surface area contributed by atoms with Crippen LogP contribution in [0.15, 0.2) is 24.3 Å². The molecule has 102 valence electrons. The molecule has 0 unspecified atom stereocenters. The van der Waals surface area contributed by atoms with E-state index >= 15 is 0 Å². The van der Waals surface area contributed by atoms with E-state index in [1.54, 1.807) is 0 Å². The topological polar surface area (TPSA) is 84.3 Å². The van der Waals surface area contributed by atoms with Gasteiger partial charge in [0.1, 0.15) is 6.17 Å². The molecule has 2 N–H and O–H groups in total. The second-order valence-corrected chi connectivity index (χ2v) is 4.47. The molecular formula is C12H14FN3O3. The first-order chi connectivity index (χ1) is 9.06. The normalized spacial score (nSPS) is 22.8. The highest BCUT2D eigenvalue weighted by molar-refractivity contribution is 5.94. The van der Waals surface area contributed by atoms with Crippen molar-refractivity contribution in [2.45, 2.75) is 18.6 Å². The first kappa shape index (κ1) is 13.4. The third-order valence-corrected chi connectivity index (χ3v) is 2.97. The summed E-state index contributed by atoms with van der Waals surface area (Å²) in [7, 11) is 0. The zero-order valence-electron chi connectivity index (χ0n) is 10.1. The molecule has 1 amide bonds. The van der Waals surface area contributed by atoms with Crippen LogP contribution < -0.4 is 10.6 Å². The van der Waals surface area contributed by atoms with Crippen molar-refractivity contribution in [2.24, 2.45) is 0 Å². The molecule has 1 aromatic rings. The van der Waals surface area contributed by atoms with Crippen LogP contribution in [0, 0.1) is 10.1 Å². The zero-order chi connectivity index (χ0) is 13.8. The van der Waals surface area contributed by atoms with Crippen LogP contribution in [0.25, 0.3) is 0 Å². The van der Waals surface area contributed by atoms with Gasteiger partial charge in [-0.2, -0.15) is 0 Å². The van der Waals surface area contributed by atoms with Gasteiger partial charge in [-0.15, -0.1) is 0 Å². The van der Waals surface area contributed by atoms with Crippen molar-refractivity contribution in [3.63, 3.8) is 0 Å². The van der Waals surface area contributed by atoms with E-state index in [0.29, 0.717) is 18.7 Å². The van der Waals surface area contributed by atoms with Crippen LogP contribution in [-0.4, -0.2) is 36.1 Å². The van der Waals surface area contributed by atoms with Crippen LogP contribution in [0.3, 0.4) is 0 Å². The van der Waals surface area contributed by atoms with Crippen LogP contribution in [0.4, 0.5) is 10.1 Å². The molecule has 0 aromatic heterocycles. The predicted octanol–water partition coefficient (Wildman–Crippen LogP) is 1.02. The Kier molecular flexibility index (Phi) is 4.06. The molecular weight excluding hydrogens is 253 g/mol. The number of non-ortho nitro benzene ring substituents is 1. The summed E-state index contributed by atoms with van der Waals surface area (Å²) in [4.78, 5) is 21.8. The number of hydrogen-bond donors (Lipinski definition) is 2. The van der Waals surface area contributed by atoms with E-state index in [1.807, 2.05) is 0 Å². The summed E-state index contributed by atoms with van der Waals surface area (Å²) in [6, 6.07) is 5.05. The zero-order valence-corrected chi connectivity index (χ0v) is 10.1. The molecule has 6 nitrogen and oxygen atoms in total. The summed E-state index contributed by atoms with van der Waals surface area (Å²) in [6.45, 7) is 0.836. The lowest BCUT2D eigenvalue weighted by Crippen LogP contribution is -2.49. The molecule has 0 saturated carbocycles. The minimum absolute atomic E-state index is 0.0697. The standard InChI is InChI=1S/C12H14FN3O3/c13-9-5-10(7-14-6-9)15-12(17)8-1-3-11(4-2-8)16(18)19/h1-4,9-10,14H,5-7H2,(H,15,17)/t9-,10-/m0/s1. The second kappa shape index (κ2) is 5.75. The quantitative estimate of drug-likeness (QED) is 0.632. The van der Waals surface area contributed by atoms with Gasteiger partial charge in [0.15, 0.2) is 0 Å². The highest BCUT2D eigenvalue weighted by Gasteiger charge is 2.22. The monoisotopic (exact) mass is 267 g/mol. The van der Waals surface area contributed by atoms with Gasteiger partial charge in [-0.05, 0) is 12.1 Å². The lowest BCUT2D eigenvalue weighted by atomic mass is 10.1. The fourth-order valence-corrected chi connectivity index (χ4v) is 2.00. The molecule has 1 aromatic carbocycles. The smallest absolute Gasteiger partial charge is 0.269 e. The summed E-state index contributed by atoms with van der Waals surface area (Å²) in [5.41, 5.74) is 0.256. The molecule has 2 atom stereocenters. The molecule has 2 rings (SSSR count). The number of rotatable bonds is 3. The fourth-order valence-electron chi connectivity index (χ4n) is 2.00. The van der Waals surface area contributed by atoms with Crippen molar-refractivity contribution >= 4 is 11.6 Å². The molecule has 1 fully saturated rings. The van der Waals surface area contributed by atoms with E-state index in [0.717, 1.165) is 0 Å². The van der Waals surface area contributed by atoms with E-state index in [9.17, 15) is 19.3 Å². The Morgan fingerprint density at radius 1 is 1.37 bits per heavy atom. The van der Waals surface area contributed by atoms with Crippen LogP contribution in [-0.2, 0) is 0 Å². The minimum Gasteiger partial charge on any atom is -0.348 e. The number of nitrogens with zero attached hydrogens (tertiary/aromatic N) is 1. The van der Waals surface area contributed by atoms with Crippen molar-refractivity contribution in [1.82, 2.24) is 10.6 Å². The Hall–Kier alpha value is -2.02. The number of hydrogen-bond acceptors (Lipinski definition) is 4. The maximum Gasteiger partial charge on any atom is 0.269 e. The van der Waals surface area contributed by atoms with Gasteiger partial charge in [0.25, 0.3) is 11.6 Å². The van der Waals surface area contributed by atoms with Gasteiger partial charge in [-0.1, -0.05) is 0 Å². The van der Waals surface area contributed by atoms with E-state index in [4.69, 9.17) is 0 Å². The van der Waals surface area contributed by atoms with E-state index in [-0.39, 0.29) is 24.1 Å². The maximum atomic E-state index is 13.1. The molecule has 0 spiro atoms. The highest BCUT2D eigenvalue weighted by atomic mass is 19.1. The SMILES string of the molecule is O=C(N[C@@H]1CNC[C@@H](F)C1)c1ccc([N+](=O)[O-])cc1. The Labute approximate surface area is 109 Å². The Bertz CT molecular complexity index is 478. The van der Waals surface area contributed by atoms with E-state index in [1.165, 1.54) is 24.3 Å². The molecule has 1 heterocycles. The van der Waals surface area contributed by atoms with E-state index in [2.05, 4.69) is 10.6 Å². The number of amides is 1. The number of carbonyl (C=O) groups excluding carboxylic acids is 1. The summed E-state index contributed by atoms with van der Waals surface area (Å²) >= 11 is 0. The van der Waals surface area contributed by atoms with Crippen LogP contribution in [0.2, 0.25) is 0 Å². The lowest BCUT2D eigenvalue weighted by molar-refractivity contribution is -0.384. The molecule has 19 heavy (non-hydrogen) atoms. The minimum atomic E-state index is -0.962. The molecule has 0 radical (unpaired) electrons. The number of benzene rings is 1. The van der Waals surface area contributed by atoms with Crippen molar-refractivity contribution < 1.29 is 14.1 Å². The van der Waals surface area contributed by atoms with Gasteiger partial charge in [0.05, 0.1) is 4.92 Å². The average Bonchev–Trinajstić information content (AvgIpc) is 2.39. The van der Waals surface area contributed by atoms with Gasteiger partial charge in [-0.25, -0.2) is 4.39 Å². The first-order valence-electron chi connectivity index (χ1n) is 5.96. The number of nitro benzene ring substituents is 1. The largest absolute Gasteiger partial charge is 0.348 e. The lowest BCUT2D eigenvalue weighted by Gasteiger charge is -2.26. The number of nitro groups is 1. The highest BCUT2D eigenvalue weighted by Crippen LogP contribution is 2.13. The summed E-state index contributed by atoms with van der Waals surface area (Å²) in [6.07, 6.45) is -0.679. The summed E-state index contributed by atoms with van der Waals surface area (Å²) in [5, 5.41) is 16.1. The average molecular weight is 267 g/mol. The summed E-state index contributed by atoms with van der Waals surface area (Å²) in [5.74, 6) is -0.351. The number of piperidine rings is 1. The van der Waals surface area contributed by atoms with Crippen LogP contribution in [0.5, 0.6) is 0 Å². The molecule has 1 aliphatic heterocycles. The molecule has 7 heteroatoms. The Morgan fingerprint density at radius 3 is 2.63 bits per heavy atom. The maximum absolute atomic E-state index is 13.1. The first-order valence-corrected chi connectivity index (χ1v) is 5.96. The van der Waals surface area contributed by atoms with Crippen LogP contribution in [0.1, 0.15) is 16.8 Å². The third-order valence-electron chi connectivity index (χ3n) is 2.97. The second-order valence-electron chi connectivity index (χ2n) is 4.47. The molecule has 0 bridgehead atoms. The number of carbonyl (C=O) groups is 1. The fraction of sp³-hybridized carbons (Fsp3) is 0.417. The van der Waals surface area contributed by atoms with Crippen molar-refractivity contribution in [3.8, 4) is 0 Å².